The van der Waals surface area contributed by atoms with Gasteiger partial charge in [-0.3, -0.25) is 4.99 Å². The molecule has 0 aromatic heterocycles. The number of carbonyl (C=O) groups is 1. The summed E-state index contributed by atoms with van der Waals surface area (Å²) in [5.74, 6) is 2.75. The summed E-state index contributed by atoms with van der Waals surface area (Å²) in [7, 11) is 1.71. The fourth-order valence-corrected chi connectivity index (χ4v) is 2.54. The van der Waals surface area contributed by atoms with Crippen molar-refractivity contribution in [3.8, 4) is 0 Å². The molecule has 0 aromatic rings. The number of likely N-dealkylation sites (N-methyl/N-ethyl adjacent to an activating group) is 1. The molecule has 0 saturated carbocycles. The lowest BCUT2D eigenvalue weighted by Crippen LogP contribution is -2.43. The van der Waals surface area contributed by atoms with Gasteiger partial charge in [-0.25, -0.2) is 4.79 Å². The molecule has 0 aromatic carbocycles. The van der Waals surface area contributed by atoms with Crippen molar-refractivity contribution in [3.05, 3.63) is 0 Å². The van der Waals surface area contributed by atoms with Gasteiger partial charge in [0.15, 0.2) is 5.96 Å². The van der Waals surface area contributed by atoms with Gasteiger partial charge in [0, 0.05) is 38.2 Å². The van der Waals surface area contributed by atoms with Crippen LogP contribution in [0.3, 0.4) is 0 Å². The molecule has 0 bridgehead atoms. The van der Waals surface area contributed by atoms with E-state index >= 15 is 0 Å². The number of hydrogen-bond donors (Lipinski definition) is 1. The Morgan fingerprint density at radius 2 is 1.95 bits per heavy atom. The molecule has 6 nitrogen and oxygen atoms in total. The third-order valence-electron chi connectivity index (χ3n) is 2.75. The number of nitrogens with two attached hydrogens (primary N) is 1. The molecule has 0 unspecified atom stereocenters. The molecule has 1 saturated heterocycles. The van der Waals surface area contributed by atoms with E-state index in [1.807, 2.05) is 32.5 Å². The Morgan fingerprint density at radius 3 is 2.48 bits per heavy atom. The first-order valence-electron chi connectivity index (χ1n) is 6.86. The molecule has 21 heavy (non-hydrogen) atoms. The second kappa shape index (κ2) is 9.60. The predicted octanol–water partition coefficient (Wildman–Crippen LogP) is 1.83. The van der Waals surface area contributed by atoms with Gasteiger partial charge in [-0.15, -0.1) is 24.0 Å². The molecular weight excluding hydrogens is 403 g/mol. The monoisotopic (exact) mass is 430 g/mol. The van der Waals surface area contributed by atoms with Gasteiger partial charge in [-0.05, 0) is 20.8 Å². The quantitative estimate of drug-likeness (QED) is 0.420. The van der Waals surface area contributed by atoms with E-state index in [2.05, 4.69) is 9.89 Å². The smallest absolute Gasteiger partial charge is 0.410 e. The maximum absolute atomic E-state index is 11.7. The summed E-state index contributed by atoms with van der Waals surface area (Å²) in [6.45, 7) is 8.43. The highest BCUT2D eigenvalue weighted by atomic mass is 127. The largest absolute Gasteiger partial charge is 0.444 e. The molecule has 0 atom stereocenters. The Bertz CT molecular complexity index is 355. The van der Waals surface area contributed by atoms with Crippen LogP contribution in [-0.2, 0) is 4.74 Å². The first kappa shape index (κ1) is 20.6. The van der Waals surface area contributed by atoms with Gasteiger partial charge in [0.2, 0.25) is 0 Å². The zero-order valence-electron chi connectivity index (χ0n) is 13.3. The fourth-order valence-electron chi connectivity index (χ4n) is 1.64. The van der Waals surface area contributed by atoms with Crippen LogP contribution in [0, 0.1) is 0 Å². The first-order chi connectivity index (χ1) is 9.29. The van der Waals surface area contributed by atoms with Crippen LogP contribution in [0.4, 0.5) is 4.79 Å². The van der Waals surface area contributed by atoms with Crippen LogP contribution in [0.15, 0.2) is 4.99 Å². The molecule has 1 aliphatic rings. The molecule has 8 heteroatoms. The van der Waals surface area contributed by atoms with Gasteiger partial charge in [-0.1, -0.05) is 0 Å². The Hall–Kier alpha value is -0.380. The number of halogens is 1. The minimum absolute atomic E-state index is 0. The van der Waals surface area contributed by atoms with Crippen molar-refractivity contribution >= 4 is 47.8 Å². The highest BCUT2D eigenvalue weighted by molar-refractivity contribution is 14.0. The van der Waals surface area contributed by atoms with Crippen molar-refractivity contribution in [1.29, 1.82) is 0 Å². The van der Waals surface area contributed by atoms with Crippen molar-refractivity contribution in [2.45, 2.75) is 26.4 Å². The molecule has 0 aliphatic carbocycles. The number of thioether (sulfide) groups is 1. The lowest BCUT2D eigenvalue weighted by Gasteiger charge is -2.27. The van der Waals surface area contributed by atoms with Gasteiger partial charge in [0.25, 0.3) is 0 Å². The highest BCUT2D eigenvalue weighted by Crippen LogP contribution is 2.09. The van der Waals surface area contributed by atoms with Crippen LogP contribution in [0.2, 0.25) is 0 Å². The molecule has 0 spiro atoms. The zero-order chi connectivity index (χ0) is 15.2. The minimum Gasteiger partial charge on any atom is -0.444 e. The summed E-state index contributed by atoms with van der Waals surface area (Å²) in [6, 6.07) is 0. The Labute approximate surface area is 148 Å². The minimum atomic E-state index is -0.473. The van der Waals surface area contributed by atoms with Crippen molar-refractivity contribution in [1.82, 2.24) is 9.80 Å². The van der Waals surface area contributed by atoms with Gasteiger partial charge >= 0.3 is 6.09 Å². The second-order valence-corrected chi connectivity index (χ2v) is 6.97. The molecule has 1 rings (SSSR count). The second-order valence-electron chi connectivity index (χ2n) is 5.74. The van der Waals surface area contributed by atoms with E-state index in [1.165, 1.54) is 4.90 Å². The van der Waals surface area contributed by atoms with E-state index in [0.717, 1.165) is 24.6 Å². The van der Waals surface area contributed by atoms with E-state index in [1.54, 1.807) is 7.05 Å². The lowest BCUT2D eigenvalue weighted by molar-refractivity contribution is 0.0304. The Balaban J connectivity index is 0.00000400. The normalized spacial score (nSPS) is 16.2. The molecule has 1 heterocycles. The van der Waals surface area contributed by atoms with E-state index in [0.29, 0.717) is 19.0 Å². The molecule has 1 amide bonds. The molecule has 1 fully saturated rings. The van der Waals surface area contributed by atoms with Crippen LogP contribution in [-0.4, -0.2) is 72.2 Å². The van der Waals surface area contributed by atoms with Crippen molar-refractivity contribution in [2.24, 2.45) is 10.7 Å². The van der Waals surface area contributed by atoms with E-state index in [9.17, 15) is 4.79 Å². The lowest BCUT2D eigenvalue weighted by atomic mass is 10.2. The number of carbonyl (C=O) groups excluding carboxylic acids is 1. The zero-order valence-corrected chi connectivity index (χ0v) is 16.4. The van der Waals surface area contributed by atoms with Crippen molar-refractivity contribution < 1.29 is 9.53 Å². The van der Waals surface area contributed by atoms with Gasteiger partial charge in [0.1, 0.15) is 5.60 Å². The molecular formula is C13H27IN4O2S. The Kier molecular flexibility index (Phi) is 9.43. The summed E-state index contributed by atoms with van der Waals surface area (Å²) in [6.07, 6.45) is -0.333. The van der Waals surface area contributed by atoms with Crippen LogP contribution < -0.4 is 5.73 Å². The van der Waals surface area contributed by atoms with E-state index < -0.39 is 5.60 Å². The summed E-state index contributed by atoms with van der Waals surface area (Å²) in [5, 5.41) is 0. The fraction of sp³-hybridized carbons (Fsp3) is 0.846. The maximum atomic E-state index is 11.7. The third kappa shape index (κ3) is 8.60. The SMILES string of the molecule is CN(CCN=C(N)N1CCSCC1)C(=O)OC(C)(C)C.I. The number of nitrogens with zero attached hydrogens (tertiary/aromatic N) is 3. The topological polar surface area (TPSA) is 71.2 Å². The summed E-state index contributed by atoms with van der Waals surface area (Å²) in [4.78, 5) is 19.7. The third-order valence-corrected chi connectivity index (χ3v) is 3.69. The van der Waals surface area contributed by atoms with Gasteiger partial charge in [0.05, 0.1) is 6.54 Å². The van der Waals surface area contributed by atoms with Crippen LogP contribution in [0.5, 0.6) is 0 Å². The number of amides is 1. The Morgan fingerprint density at radius 1 is 1.38 bits per heavy atom. The standard InChI is InChI=1S/C13H26N4O2S.HI/c1-13(2,3)19-12(18)16(4)6-5-15-11(14)17-7-9-20-10-8-17;/h5-10H2,1-4H3,(H2,14,15);1H. The molecule has 1 aliphatic heterocycles. The number of aliphatic imine (C=N–C) groups is 1. The van der Waals surface area contributed by atoms with Crippen LogP contribution in [0.1, 0.15) is 20.8 Å². The van der Waals surface area contributed by atoms with Crippen molar-refractivity contribution in [2.75, 3.05) is 44.7 Å². The average Bonchev–Trinajstić information content (AvgIpc) is 2.37. The summed E-state index contributed by atoms with van der Waals surface area (Å²) in [5.41, 5.74) is 5.47. The summed E-state index contributed by atoms with van der Waals surface area (Å²) >= 11 is 1.93. The summed E-state index contributed by atoms with van der Waals surface area (Å²) < 4.78 is 5.27. The van der Waals surface area contributed by atoms with Gasteiger partial charge < -0.3 is 20.3 Å². The number of rotatable bonds is 3. The number of guanidine groups is 1. The van der Waals surface area contributed by atoms with E-state index in [-0.39, 0.29) is 30.1 Å². The average molecular weight is 430 g/mol. The van der Waals surface area contributed by atoms with E-state index in [4.69, 9.17) is 10.5 Å². The van der Waals surface area contributed by atoms with Crippen molar-refractivity contribution in [3.63, 3.8) is 0 Å². The maximum Gasteiger partial charge on any atom is 0.410 e. The van der Waals surface area contributed by atoms with Gasteiger partial charge in [-0.2, -0.15) is 11.8 Å². The molecule has 124 valence electrons. The predicted molar refractivity (Wildman–Crippen MR) is 99.7 cm³/mol. The molecule has 2 N–H and O–H groups in total. The molecule has 0 radical (unpaired) electrons. The van der Waals surface area contributed by atoms with Crippen LogP contribution >= 0.6 is 35.7 Å². The number of hydrogen-bond acceptors (Lipinski definition) is 4. The first-order valence-corrected chi connectivity index (χ1v) is 8.02. The van der Waals surface area contributed by atoms with Crippen LogP contribution in [0.25, 0.3) is 0 Å². The number of ether oxygens (including phenoxy) is 1. The highest BCUT2D eigenvalue weighted by Gasteiger charge is 2.19.